The topological polar surface area (TPSA) is 73.1 Å². The molecule has 5 heteroatoms. The summed E-state index contributed by atoms with van der Waals surface area (Å²) < 4.78 is 5.35. The number of hydrogen-bond acceptors (Lipinski definition) is 5. The van der Waals surface area contributed by atoms with Crippen LogP contribution in [-0.4, -0.2) is 28.7 Å². The number of hydrogen-bond donors (Lipinski definition) is 2. The summed E-state index contributed by atoms with van der Waals surface area (Å²) in [6.45, 7) is 8.93. The summed E-state index contributed by atoms with van der Waals surface area (Å²) in [6, 6.07) is 1.81. The lowest BCUT2D eigenvalue weighted by atomic mass is 10.1. The van der Waals surface area contributed by atoms with E-state index in [0.29, 0.717) is 25.0 Å². The van der Waals surface area contributed by atoms with Gasteiger partial charge in [-0.2, -0.15) is 4.98 Å². The number of aryl methyl sites for hydroxylation is 1. The Morgan fingerprint density at radius 3 is 2.69 bits per heavy atom. The van der Waals surface area contributed by atoms with Gasteiger partial charge in [-0.25, -0.2) is 4.98 Å². The third-order valence-corrected chi connectivity index (χ3v) is 2.08. The van der Waals surface area contributed by atoms with E-state index in [0.717, 1.165) is 5.69 Å². The molecule has 16 heavy (non-hydrogen) atoms. The van der Waals surface area contributed by atoms with Crippen molar-refractivity contribution in [3.05, 3.63) is 11.8 Å². The largest absolute Gasteiger partial charge is 0.478 e. The van der Waals surface area contributed by atoms with E-state index in [4.69, 9.17) is 10.5 Å². The van der Waals surface area contributed by atoms with Gasteiger partial charge < -0.3 is 15.8 Å². The zero-order valence-electron chi connectivity index (χ0n) is 10.4. The van der Waals surface area contributed by atoms with Crippen LogP contribution >= 0.6 is 0 Å². The third-order valence-electron chi connectivity index (χ3n) is 2.08. The van der Waals surface area contributed by atoms with E-state index in [9.17, 15) is 0 Å². The summed E-state index contributed by atoms with van der Waals surface area (Å²) in [5.74, 6) is 1.14. The quantitative estimate of drug-likeness (QED) is 0.789. The minimum Gasteiger partial charge on any atom is -0.478 e. The second-order valence-electron chi connectivity index (χ2n) is 4.32. The SMILES string of the molecule is CCOc1cc(C)nc(NC(C)(C)CN)n1. The molecule has 0 aliphatic carbocycles. The molecular formula is C11H20N4O. The molecule has 1 aromatic heterocycles. The van der Waals surface area contributed by atoms with Gasteiger partial charge in [-0.1, -0.05) is 0 Å². The molecule has 0 fully saturated rings. The molecule has 3 N–H and O–H groups in total. The van der Waals surface area contributed by atoms with Crippen molar-refractivity contribution < 1.29 is 4.74 Å². The lowest BCUT2D eigenvalue weighted by Crippen LogP contribution is -2.39. The number of ether oxygens (including phenoxy) is 1. The van der Waals surface area contributed by atoms with Crippen LogP contribution in [0.25, 0.3) is 0 Å². The molecule has 0 unspecified atom stereocenters. The predicted molar refractivity (Wildman–Crippen MR) is 64.7 cm³/mol. The predicted octanol–water partition coefficient (Wildman–Crippen LogP) is 1.33. The highest BCUT2D eigenvalue weighted by Gasteiger charge is 2.16. The van der Waals surface area contributed by atoms with E-state index in [2.05, 4.69) is 15.3 Å². The van der Waals surface area contributed by atoms with E-state index in [-0.39, 0.29) is 5.54 Å². The number of nitrogens with two attached hydrogens (primary N) is 1. The minimum absolute atomic E-state index is 0.225. The van der Waals surface area contributed by atoms with Gasteiger partial charge in [-0.3, -0.25) is 0 Å². The molecule has 0 saturated carbocycles. The van der Waals surface area contributed by atoms with Gasteiger partial charge in [0.1, 0.15) is 0 Å². The smallest absolute Gasteiger partial charge is 0.226 e. The molecule has 1 heterocycles. The summed E-state index contributed by atoms with van der Waals surface area (Å²) in [4.78, 5) is 8.55. The summed E-state index contributed by atoms with van der Waals surface area (Å²) in [7, 11) is 0. The Morgan fingerprint density at radius 2 is 2.12 bits per heavy atom. The molecule has 5 nitrogen and oxygen atoms in total. The summed E-state index contributed by atoms with van der Waals surface area (Å²) in [5.41, 5.74) is 6.28. The summed E-state index contributed by atoms with van der Waals surface area (Å²) in [5, 5.41) is 3.18. The number of anilines is 1. The highest BCUT2D eigenvalue weighted by molar-refractivity contribution is 5.33. The lowest BCUT2D eigenvalue weighted by molar-refractivity contribution is 0.326. The molecule has 0 saturated heterocycles. The van der Waals surface area contributed by atoms with Crippen molar-refractivity contribution in [2.75, 3.05) is 18.5 Å². The van der Waals surface area contributed by atoms with Crippen molar-refractivity contribution in [3.8, 4) is 5.88 Å². The van der Waals surface area contributed by atoms with Crippen LogP contribution in [0.15, 0.2) is 6.07 Å². The Balaban J connectivity index is 2.87. The zero-order chi connectivity index (χ0) is 12.2. The summed E-state index contributed by atoms with van der Waals surface area (Å²) >= 11 is 0. The Morgan fingerprint density at radius 1 is 1.44 bits per heavy atom. The number of rotatable bonds is 5. The Bertz CT molecular complexity index is 352. The van der Waals surface area contributed by atoms with Gasteiger partial charge in [0, 0.05) is 23.8 Å². The Labute approximate surface area is 96.4 Å². The second-order valence-corrected chi connectivity index (χ2v) is 4.32. The molecule has 0 bridgehead atoms. The highest BCUT2D eigenvalue weighted by Crippen LogP contribution is 2.15. The molecule has 0 aliphatic heterocycles. The van der Waals surface area contributed by atoms with E-state index < -0.39 is 0 Å². The van der Waals surface area contributed by atoms with E-state index in [1.807, 2.05) is 33.8 Å². The normalized spacial score (nSPS) is 11.3. The molecule has 0 spiro atoms. The zero-order valence-corrected chi connectivity index (χ0v) is 10.4. The molecule has 0 atom stereocenters. The van der Waals surface area contributed by atoms with Crippen LogP contribution in [0.2, 0.25) is 0 Å². The maximum atomic E-state index is 5.64. The molecule has 1 rings (SSSR count). The van der Waals surface area contributed by atoms with Crippen LogP contribution in [-0.2, 0) is 0 Å². The van der Waals surface area contributed by atoms with Crippen LogP contribution in [0.1, 0.15) is 26.5 Å². The molecule has 90 valence electrons. The van der Waals surface area contributed by atoms with Gasteiger partial charge >= 0.3 is 0 Å². The summed E-state index contributed by atoms with van der Waals surface area (Å²) in [6.07, 6.45) is 0. The number of nitrogens with zero attached hydrogens (tertiary/aromatic N) is 2. The first kappa shape index (κ1) is 12.7. The van der Waals surface area contributed by atoms with Crippen molar-refractivity contribution in [1.82, 2.24) is 9.97 Å². The first-order chi connectivity index (χ1) is 7.46. The van der Waals surface area contributed by atoms with Crippen LogP contribution in [0.3, 0.4) is 0 Å². The van der Waals surface area contributed by atoms with E-state index in [1.165, 1.54) is 0 Å². The molecule has 0 amide bonds. The molecule has 0 aromatic carbocycles. The van der Waals surface area contributed by atoms with Crippen molar-refractivity contribution in [3.63, 3.8) is 0 Å². The number of nitrogens with one attached hydrogen (secondary N) is 1. The molecular weight excluding hydrogens is 204 g/mol. The van der Waals surface area contributed by atoms with Gasteiger partial charge in [-0.05, 0) is 27.7 Å². The number of aromatic nitrogens is 2. The fraction of sp³-hybridized carbons (Fsp3) is 0.636. The maximum absolute atomic E-state index is 5.64. The monoisotopic (exact) mass is 224 g/mol. The Hall–Kier alpha value is -1.36. The van der Waals surface area contributed by atoms with Gasteiger partial charge in [0.05, 0.1) is 6.61 Å². The minimum atomic E-state index is -0.225. The van der Waals surface area contributed by atoms with Crippen LogP contribution < -0.4 is 15.8 Å². The van der Waals surface area contributed by atoms with Gasteiger partial charge in [0.25, 0.3) is 0 Å². The van der Waals surface area contributed by atoms with E-state index >= 15 is 0 Å². The average Bonchev–Trinajstić information content (AvgIpc) is 2.16. The first-order valence-corrected chi connectivity index (χ1v) is 5.43. The van der Waals surface area contributed by atoms with E-state index in [1.54, 1.807) is 0 Å². The maximum Gasteiger partial charge on any atom is 0.226 e. The lowest BCUT2D eigenvalue weighted by Gasteiger charge is -2.24. The van der Waals surface area contributed by atoms with Gasteiger partial charge in [0.2, 0.25) is 11.8 Å². The van der Waals surface area contributed by atoms with Crippen molar-refractivity contribution in [1.29, 1.82) is 0 Å². The third kappa shape index (κ3) is 3.66. The first-order valence-electron chi connectivity index (χ1n) is 5.43. The van der Waals surface area contributed by atoms with Crippen molar-refractivity contribution in [2.24, 2.45) is 5.73 Å². The molecule has 1 aromatic rings. The van der Waals surface area contributed by atoms with Crippen molar-refractivity contribution in [2.45, 2.75) is 33.2 Å². The molecule has 0 radical (unpaired) electrons. The van der Waals surface area contributed by atoms with Crippen molar-refractivity contribution >= 4 is 5.95 Å². The fourth-order valence-corrected chi connectivity index (χ4v) is 1.17. The second kappa shape index (κ2) is 5.12. The highest BCUT2D eigenvalue weighted by atomic mass is 16.5. The van der Waals surface area contributed by atoms with Crippen LogP contribution in [0.5, 0.6) is 5.88 Å². The van der Waals surface area contributed by atoms with Crippen LogP contribution in [0.4, 0.5) is 5.95 Å². The van der Waals surface area contributed by atoms with Crippen LogP contribution in [0, 0.1) is 6.92 Å². The Kier molecular flexibility index (Phi) is 4.06. The van der Waals surface area contributed by atoms with Gasteiger partial charge in [-0.15, -0.1) is 0 Å². The average molecular weight is 224 g/mol. The molecule has 0 aliphatic rings. The van der Waals surface area contributed by atoms with Gasteiger partial charge in [0.15, 0.2) is 0 Å². The standard InChI is InChI=1S/C11H20N4O/c1-5-16-9-6-8(2)13-10(14-9)15-11(3,4)7-12/h6H,5,7,12H2,1-4H3,(H,13,14,15). The fourth-order valence-electron chi connectivity index (χ4n) is 1.17.